The number of nitrogens with zero attached hydrogens (tertiary/aromatic N) is 5. The molecule has 1 aromatic carbocycles. The Kier molecular flexibility index (Phi) is 7.50. The van der Waals surface area contributed by atoms with Crippen molar-refractivity contribution >= 4 is 21.4 Å². The SMILES string of the molecule is Cc1c(S(=O)(=O)N2CCC(CC(F)(F)F)C2)ccc(NCCCc2nnc(C)n2C)c1[N+](=O)[O-]. The van der Waals surface area contributed by atoms with Gasteiger partial charge in [-0.25, -0.2) is 8.42 Å². The highest BCUT2D eigenvalue weighted by molar-refractivity contribution is 7.89. The zero-order chi connectivity index (χ0) is 25.3. The summed E-state index contributed by atoms with van der Waals surface area (Å²) in [6.07, 6.45) is -4.15. The van der Waals surface area contributed by atoms with Gasteiger partial charge in [-0.05, 0) is 44.7 Å². The van der Waals surface area contributed by atoms with Crippen molar-refractivity contribution < 1.29 is 26.5 Å². The molecule has 0 saturated carbocycles. The molecule has 3 rings (SSSR count). The van der Waals surface area contributed by atoms with E-state index in [0.717, 1.165) is 16.0 Å². The molecule has 1 fully saturated rings. The maximum Gasteiger partial charge on any atom is 0.389 e. The van der Waals surface area contributed by atoms with Gasteiger partial charge in [0.25, 0.3) is 5.69 Å². The number of benzene rings is 1. The number of anilines is 1. The average Bonchev–Trinajstić information content (AvgIpc) is 3.31. The number of aromatic nitrogens is 3. The summed E-state index contributed by atoms with van der Waals surface area (Å²) in [5.74, 6) is 0.721. The summed E-state index contributed by atoms with van der Waals surface area (Å²) < 4.78 is 67.1. The largest absolute Gasteiger partial charge is 0.389 e. The molecule has 1 unspecified atom stereocenters. The van der Waals surface area contributed by atoms with Gasteiger partial charge in [0.05, 0.1) is 9.82 Å². The molecule has 1 aliphatic rings. The van der Waals surface area contributed by atoms with E-state index in [-0.39, 0.29) is 41.3 Å². The van der Waals surface area contributed by atoms with Crippen molar-refractivity contribution in [2.75, 3.05) is 25.0 Å². The minimum atomic E-state index is -4.38. The number of nitro groups is 1. The molecule has 188 valence electrons. The standard InChI is InChI=1S/C20H27F3N6O4S/c1-13-17(34(32,33)28-10-8-15(12-28)11-20(21,22)23)7-6-16(19(13)29(30)31)24-9-4-5-18-26-25-14(2)27(18)3/h6-7,15,24H,4-5,8-12H2,1-3H3. The van der Waals surface area contributed by atoms with Gasteiger partial charge in [0.1, 0.15) is 17.3 Å². The van der Waals surface area contributed by atoms with E-state index in [1.54, 1.807) is 0 Å². The van der Waals surface area contributed by atoms with Crippen LogP contribution in [0.25, 0.3) is 0 Å². The lowest BCUT2D eigenvalue weighted by atomic mass is 10.1. The van der Waals surface area contributed by atoms with E-state index in [2.05, 4.69) is 15.5 Å². The number of alkyl halides is 3. The maximum atomic E-state index is 13.1. The van der Waals surface area contributed by atoms with E-state index in [1.165, 1.54) is 19.1 Å². The van der Waals surface area contributed by atoms with Crippen molar-refractivity contribution in [1.82, 2.24) is 19.1 Å². The van der Waals surface area contributed by atoms with Gasteiger partial charge in [-0.3, -0.25) is 10.1 Å². The van der Waals surface area contributed by atoms with Gasteiger partial charge < -0.3 is 9.88 Å². The lowest BCUT2D eigenvalue weighted by Gasteiger charge is -2.19. The molecule has 0 bridgehead atoms. The van der Waals surface area contributed by atoms with E-state index in [9.17, 15) is 31.7 Å². The number of sulfonamides is 1. The summed E-state index contributed by atoms with van der Waals surface area (Å²) >= 11 is 0. The Morgan fingerprint density at radius 2 is 1.97 bits per heavy atom. The second kappa shape index (κ2) is 9.86. The van der Waals surface area contributed by atoms with Crippen LogP contribution < -0.4 is 5.32 Å². The molecule has 1 aliphatic heterocycles. The Morgan fingerprint density at radius 1 is 1.26 bits per heavy atom. The van der Waals surface area contributed by atoms with Gasteiger partial charge >= 0.3 is 6.18 Å². The number of aryl methyl sites for hydroxylation is 2. The van der Waals surface area contributed by atoms with Crippen LogP contribution in [-0.2, 0) is 23.5 Å². The van der Waals surface area contributed by atoms with Gasteiger partial charge in [0, 0.05) is 45.1 Å². The van der Waals surface area contributed by atoms with E-state index >= 15 is 0 Å². The number of hydrogen-bond donors (Lipinski definition) is 1. The first-order chi connectivity index (χ1) is 15.8. The molecule has 1 atom stereocenters. The molecule has 2 aromatic rings. The fraction of sp³-hybridized carbons (Fsp3) is 0.600. The summed E-state index contributed by atoms with van der Waals surface area (Å²) in [4.78, 5) is 10.8. The predicted molar refractivity (Wildman–Crippen MR) is 118 cm³/mol. The van der Waals surface area contributed by atoms with Crippen molar-refractivity contribution in [3.63, 3.8) is 0 Å². The van der Waals surface area contributed by atoms with Gasteiger partial charge in [-0.1, -0.05) is 0 Å². The van der Waals surface area contributed by atoms with Crippen LogP contribution in [0.2, 0.25) is 0 Å². The van der Waals surface area contributed by atoms with Crippen LogP contribution in [0.1, 0.15) is 36.5 Å². The summed E-state index contributed by atoms with van der Waals surface area (Å²) in [5, 5.41) is 22.8. The highest BCUT2D eigenvalue weighted by Crippen LogP contribution is 2.37. The van der Waals surface area contributed by atoms with Crippen LogP contribution in [0.5, 0.6) is 0 Å². The monoisotopic (exact) mass is 504 g/mol. The normalized spacial score (nSPS) is 17.3. The third-order valence-corrected chi connectivity index (χ3v) is 8.04. The first kappa shape index (κ1) is 25.9. The van der Waals surface area contributed by atoms with Crippen LogP contribution in [0.4, 0.5) is 24.5 Å². The lowest BCUT2D eigenvalue weighted by molar-refractivity contribution is -0.384. The van der Waals surface area contributed by atoms with E-state index in [1.807, 2.05) is 18.5 Å². The summed E-state index contributed by atoms with van der Waals surface area (Å²) in [6, 6.07) is 2.59. The molecule has 1 N–H and O–H groups in total. The first-order valence-corrected chi connectivity index (χ1v) is 12.2. The Morgan fingerprint density at radius 3 is 2.56 bits per heavy atom. The smallest absolute Gasteiger partial charge is 0.379 e. The zero-order valence-corrected chi connectivity index (χ0v) is 19.9. The predicted octanol–water partition coefficient (Wildman–Crippen LogP) is 3.35. The van der Waals surface area contributed by atoms with Crippen molar-refractivity contribution in [1.29, 1.82) is 0 Å². The van der Waals surface area contributed by atoms with Gasteiger partial charge in [-0.2, -0.15) is 17.5 Å². The van der Waals surface area contributed by atoms with Crippen molar-refractivity contribution in [2.24, 2.45) is 13.0 Å². The minimum Gasteiger partial charge on any atom is -0.379 e. The Balaban J connectivity index is 1.74. The molecule has 1 aromatic heterocycles. The number of nitro benzene ring substituents is 1. The van der Waals surface area contributed by atoms with E-state index in [4.69, 9.17) is 0 Å². The number of hydrogen-bond acceptors (Lipinski definition) is 7. The molecule has 14 heteroatoms. The Hall–Kier alpha value is -2.74. The summed E-state index contributed by atoms with van der Waals surface area (Å²) in [7, 11) is -2.33. The number of nitrogens with one attached hydrogen (secondary N) is 1. The lowest BCUT2D eigenvalue weighted by Crippen LogP contribution is -2.30. The van der Waals surface area contributed by atoms with Crippen LogP contribution in [0, 0.1) is 29.9 Å². The van der Waals surface area contributed by atoms with E-state index in [0.29, 0.717) is 19.4 Å². The molecule has 0 aliphatic carbocycles. The molecule has 0 radical (unpaired) electrons. The van der Waals surface area contributed by atoms with Crippen LogP contribution in [0.15, 0.2) is 17.0 Å². The van der Waals surface area contributed by atoms with Crippen LogP contribution in [0.3, 0.4) is 0 Å². The highest BCUT2D eigenvalue weighted by atomic mass is 32.2. The minimum absolute atomic E-state index is 0.0572. The molecule has 0 spiro atoms. The molecule has 34 heavy (non-hydrogen) atoms. The molecule has 2 heterocycles. The molecular formula is C20H27F3N6O4S. The maximum absolute atomic E-state index is 13.1. The second-order valence-corrected chi connectivity index (χ2v) is 10.3. The number of halogens is 3. The van der Waals surface area contributed by atoms with Crippen molar-refractivity contribution in [2.45, 2.75) is 50.6 Å². The third-order valence-electron chi connectivity index (χ3n) is 6.03. The topological polar surface area (TPSA) is 123 Å². The fourth-order valence-electron chi connectivity index (χ4n) is 4.13. The van der Waals surface area contributed by atoms with Crippen LogP contribution >= 0.6 is 0 Å². The highest BCUT2D eigenvalue weighted by Gasteiger charge is 2.40. The fourth-order valence-corrected chi connectivity index (χ4v) is 5.88. The molecular weight excluding hydrogens is 477 g/mol. The second-order valence-electron chi connectivity index (χ2n) is 8.43. The van der Waals surface area contributed by atoms with Gasteiger partial charge in [-0.15, -0.1) is 10.2 Å². The quantitative estimate of drug-likeness (QED) is 0.316. The van der Waals surface area contributed by atoms with Gasteiger partial charge in [0.2, 0.25) is 10.0 Å². The molecule has 10 nitrogen and oxygen atoms in total. The van der Waals surface area contributed by atoms with E-state index < -0.39 is 33.5 Å². The van der Waals surface area contributed by atoms with Gasteiger partial charge in [0.15, 0.2) is 0 Å². The molecule has 0 amide bonds. The van der Waals surface area contributed by atoms with Crippen molar-refractivity contribution in [3.05, 3.63) is 39.5 Å². The van der Waals surface area contributed by atoms with Crippen LogP contribution in [-0.4, -0.2) is 58.2 Å². The Bertz CT molecular complexity index is 1170. The first-order valence-electron chi connectivity index (χ1n) is 10.7. The third kappa shape index (κ3) is 5.66. The summed E-state index contributed by atoms with van der Waals surface area (Å²) in [6.45, 7) is 3.22. The average molecular weight is 505 g/mol. The zero-order valence-electron chi connectivity index (χ0n) is 19.1. The number of rotatable bonds is 9. The Labute approximate surface area is 195 Å². The van der Waals surface area contributed by atoms with Crippen molar-refractivity contribution in [3.8, 4) is 0 Å². The summed E-state index contributed by atoms with van der Waals surface area (Å²) in [5.41, 5.74) is -0.258. The molecule has 1 saturated heterocycles.